The molecular weight excluding hydrogens is 291 g/mol. The number of carbonyl (C=O) groups is 1. The lowest BCUT2D eigenvalue weighted by atomic mass is 10.0. The third-order valence-corrected chi connectivity index (χ3v) is 4.38. The van der Waals surface area contributed by atoms with Crippen molar-refractivity contribution in [2.75, 3.05) is 11.9 Å². The van der Waals surface area contributed by atoms with E-state index in [1.807, 2.05) is 29.2 Å². The van der Waals surface area contributed by atoms with Crippen LogP contribution in [-0.2, 0) is 6.42 Å². The highest BCUT2D eigenvalue weighted by molar-refractivity contribution is 5.89. The number of amides is 2. The monoisotopic (exact) mass is 312 g/mol. The molecule has 0 aliphatic carbocycles. The topological polar surface area (TPSA) is 32.3 Å². The number of nitrogens with zero attached hydrogens (tertiary/aromatic N) is 1. The van der Waals surface area contributed by atoms with E-state index >= 15 is 0 Å². The van der Waals surface area contributed by atoms with Crippen molar-refractivity contribution in [3.63, 3.8) is 0 Å². The predicted molar refractivity (Wildman–Crippen MR) is 89.9 cm³/mol. The number of hydrogen-bond acceptors (Lipinski definition) is 1. The van der Waals surface area contributed by atoms with Gasteiger partial charge >= 0.3 is 6.03 Å². The van der Waals surface area contributed by atoms with E-state index in [2.05, 4.69) is 12.2 Å². The molecule has 1 atom stereocenters. The van der Waals surface area contributed by atoms with E-state index in [-0.39, 0.29) is 17.9 Å². The minimum absolute atomic E-state index is 0.0190. The van der Waals surface area contributed by atoms with Gasteiger partial charge in [0, 0.05) is 12.2 Å². The summed E-state index contributed by atoms with van der Waals surface area (Å²) in [6, 6.07) is 14.3. The maximum absolute atomic E-state index is 13.1. The maximum atomic E-state index is 13.1. The SMILES string of the molecule is CCc1ccc(NC(=O)N2CCCC2c2ccc(F)cc2)cc1. The lowest BCUT2D eigenvalue weighted by molar-refractivity contribution is 0.207. The van der Waals surface area contributed by atoms with Crippen molar-refractivity contribution in [3.8, 4) is 0 Å². The van der Waals surface area contributed by atoms with E-state index in [4.69, 9.17) is 0 Å². The summed E-state index contributed by atoms with van der Waals surface area (Å²) in [5.74, 6) is -0.251. The van der Waals surface area contributed by atoms with Crippen molar-refractivity contribution in [2.45, 2.75) is 32.2 Å². The summed E-state index contributed by atoms with van der Waals surface area (Å²) in [7, 11) is 0. The molecule has 1 fully saturated rings. The highest BCUT2D eigenvalue weighted by atomic mass is 19.1. The number of benzene rings is 2. The van der Waals surface area contributed by atoms with Crippen molar-refractivity contribution >= 4 is 11.7 Å². The van der Waals surface area contributed by atoms with Crippen molar-refractivity contribution in [3.05, 3.63) is 65.5 Å². The van der Waals surface area contributed by atoms with E-state index < -0.39 is 0 Å². The zero-order chi connectivity index (χ0) is 16.2. The first-order chi connectivity index (χ1) is 11.2. The van der Waals surface area contributed by atoms with Gasteiger partial charge < -0.3 is 10.2 Å². The molecule has 0 radical (unpaired) electrons. The fourth-order valence-corrected chi connectivity index (χ4v) is 3.06. The van der Waals surface area contributed by atoms with Crippen LogP contribution in [0.3, 0.4) is 0 Å². The molecule has 2 aromatic rings. The fourth-order valence-electron chi connectivity index (χ4n) is 3.06. The largest absolute Gasteiger partial charge is 0.322 e. The van der Waals surface area contributed by atoms with E-state index in [0.29, 0.717) is 0 Å². The standard InChI is InChI=1S/C19H21FN2O/c1-2-14-5-11-17(12-6-14)21-19(23)22-13-3-4-18(22)15-7-9-16(20)10-8-15/h5-12,18H,2-4,13H2,1H3,(H,21,23). The van der Waals surface area contributed by atoms with Crippen LogP contribution >= 0.6 is 0 Å². The molecule has 3 rings (SSSR count). The Hall–Kier alpha value is -2.36. The Morgan fingerprint density at radius 2 is 1.87 bits per heavy atom. The van der Waals surface area contributed by atoms with Crippen LogP contribution in [0.4, 0.5) is 14.9 Å². The number of halogens is 1. The number of hydrogen-bond donors (Lipinski definition) is 1. The second-order valence-corrected chi connectivity index (χ2v) is 5.88. The molecule has 120 valence electrons. The molecule has 1 aliphatic rings. The summed E-state index contributed by atoms with van der Waals surface area (Å²) in [5, 5.41) is 2.96. The Bertz CT molecular complexity index is 667. The average molecular weight is 312 g/mol. The third kappa shape index (κ3) is 3.52. The predicted octanol–water partition coefficient (Wildman–Crippen LogP) is 4.76. The highest BCUT2D eigenvalue weighted by Crippen LogP contribution is 2.32. The fraction of sp³-hybridized carbons (Fsp3) is 0.316. The van der Waals surface area contributed by atoms with E-state index in [1.165, 1.54) is 17.7 Å². The van der Waals surface area contributed by atoms with Crippen LogP contribution in [0.5, 0.6) is 0 Å². The Kier molecular flexibility index (Phi) is 4.60. The van der Waals surface area contributed by atoms with Crippen molar-refractivity contribution in [1.29, 1.82) is 0 Å². The molecular formula is C19H21FN2O. The smallest absolute Gasteiger partial charge is 0.317 e. The molecule has 0 aromatic heterocycles. The lowest BCUT2D eigenvalue weighted by Gasteiger charge is -2.25. The summed E-state index contributed by atoms with van der Waals surface area (Å²) >= 11 is 0. The second-order valence-electron chi connectivity index (χ2n) is 5.88. The minimum atomic E-state index is -0.251. The van der Waals surface area contributed by atoms with Crippen LogP contribution in [0.2, 0.25) is 0 Å². The Balaban J connectivity index is 1.71. The number of nitrogens with one attached hydrogen (secondary N) is 1. The Morgan fingerprint density at radius 1 is 1.17 bits per heavy atom. The minimum Gasteiger partial charge on any atom is -0.317 e. The Morgan fingerprint density at radius 3 is 2.52 bits per heavy atom. The molecule has 2 aromatic carbocycles. The van der Waals surface area contributed by atoms with E-state index in [1.54, 1.807) is 12.1 Å². The lowest BCUT2D eigenvalue weighted by Crippen LogP contribution is -2.34. The van der Waals surface area contributed by atoms with E-state index in [0.717, 1.165) is 37.1 Å². The number of carbonyl (C=O) groups excluding carboxylic acids is 1. The molecule has 0 bridgehead atoms. The molecule has 1 heterocycles. The average Bonchev–Trinajstić information content (AvgIpc) is 3.06. The molecule has 4 heteroatoms. The number of aryl methyl sites for hydroxylation is 1. The summed E-state index contributed by atoms with van der Waals surface area (Å²) in [5.41, 5.74) is 3.03. The first kappa shape index (κ1) is 15.5. The maximum Gasteiger partial charge on any atom is 0.322 e. The quantitative estimate of drug-likeness (QED) is 0.871. The molecule has 1 saturated heterocycles. The van der Waals surface area contributed by atoms with Crippen LogP contribution in [0, 0.1) is 5.82 Å². The Labute approximate surface area is 136 Å². The second kappa shape index (κ2) is 6.82. The summed E-state index contributed by atoms with van der Waals surface area (Å²) in [6.45, 7) is 2.83. The van der Waals surface area contributed by atoms with E-state index in [9.17, 15) is 9.18 Å². The van der Waals surface area contributed by atoms with Gasteiger partial charge in [-0.05, 0) is 54.7 Å². The molecule has 3 nitrogen and oxygen atoms in total. The summed E-state index contributed by atoms with van der Waals surface area (Å²) in [4.78, 5) is 14.4. The van der Waals surface area contributed by atoms with Gasteiger partial charge in [-0.1, -0.05) is 31.2 Å². The number of urea groups is 1. The van der Waals surface area contributed by atoms with Crippen molar-refractivity contribution in [1.82, 2.24) is 4.90 Å². The molecule has 0 saturated carbocycles. The van der Waals surface area contributed by atoms with Crippen molar-refractivity contribution in [2.24, 2.45) is 0 Å². The first-order valence-corrected chi connectivity index (χ1v) is 8.09. The van der Waals surface area contributed by atoms with Gasteiger partial charge in [-0.2, -0.15) is 0 Å². The normalized spacial score (nSPS) is 17.3. The highest BCUT2D eigenvalue weighted by Gasteiger charge is 2.29. The van der Waals surface area contributed by atoms with Crippen LogP contribution in [0.25, 0.3) is 0 Å². The number of anilines is 1. The van der Waals surface area contributed by atoms with Gasteiger partial charge in [0.25, 0.3) is 0 Å². The van der Waals surface area contributed by atoms with Gasteiger partial charge in [-0.3, -0.25) is 0 Å². The summed E-state index contributed by atoms with van der Waals surface area (Å²) < 4.78 is 13.1. The molecule has 0 spiro atoms. The molecule has 2 amide bonds. The molecule has 1 unspecified atom stereocenters. The molecule has 1 aliphatic heterocycles. The molecule has 23 heavy (non-hydrogen) atoms. The van der Waals surface area contributed by atoms with Crippen LogP contribution in [-0.4, -0.2) is 17.5 Å². The number of likely N-dealkylation sites (tertiary alicyclic amines) is 1. The zero-order valence-corrected chi connectivity index (χ0v) is 13.3. The molecule has 1 N–H and O–H groups in total. The van der Waals surface area contributed by atoms with Gasteiger partial charge in [-0.15, -0.1) is 0 Å². The summed E-state index contributed by atoms with van der Waals surface area (Å²) in [6.07, 6.45) is 2.85. The van der Waals surface area contributed by atoms with Gasteiger partial charge in [0.15, 0.2) is 0 Å². The zero-order valence-electron chi connectivity index (χ0n) is 13.3. The van der Waals surface area contributed by atoms with Crippen LogP contribution in [0.1, 0.15) is 36.9 Å². The van der Waals surface area contributed by atoms with Crippen molar-refractivity contribution < 1.29 is 9.18 Å². The van der Waals surface area contributed by atoms with Gasteiger partial charge in [-0.25, -0.2) is 9.18 Å². The van der Waals surface area contributed by atoms with Crippen LogP contribution < -0.4 is 5.32 Å². The van der Waals surface area contributed by atoms with Crippen LogP contribution in [0.15, 0.2) is 48.5 Å². The number of rotatable bonds is 3. The third-order valence-electron chi connectivity index (χ3n) is 4.38. The van der Waals surface area contributed by atoms with Gasteiger partial charge in [0.05, 0.1) is 6.04 Å². The van der Waals surface area contributed by atoms with Gasteiger partial charge in [0.2, 0.25) is 0 Å². The van der Waals surface area contributed by atoms with Gasteiger partial charge in [0.1, 0.15) is 5.82 Å². The first-order valence-electron chi connectivity index (χ1n) is 8.09.